The van der Waals surface area contributed by atoms with E-state index in [1.54, 1.807) is 0 Å². The van der Waals surface area contributed by atoms with Gasteiger partial charge in [0, 0.05) is 137 Å². The van der Waals surface area contributed by atoms with Crippen LogP contribution in [0.15, 0.2) is 0 Å². The second-order valence-electron chi connectivity index (χ2n) is 4.08. The molecule has 0 saturated carbocycles. The molecular weight excluding hydrogens is 1500 g/mol. The smallest absolute Gasteiger partial charge is 0.120 e. The van der Waals surface area contributed by atoms with Gasteiger partial charge in [0.05, 0.1) is 0 Å². The second-order valence-corrected chi connectivity index (χ2v) is 12.2. The van der Waals surface area contributed by atoms with Crippen molar-refractivity contribution in [3.8, 4) is 0 Å². The maximum atomic E-state index is 7.25. The van der Waals surface area contributed by atoms with Crippen molar-refractivity contribution in [3.63, 3.8) is 0 Å². The summed E-state index contributed by atoms with van der Waals surface area (Å²) in [6.45, 7) is 0. The molecule has 416 valence electrons. The van der Waals surface area contributed by atoms with Crippen LogP contribution < -0.4 is 89.5 Å². The average Bonchev–Trinajstić information content (AvgIpc) is 3.40. The van der Waals surface area contributed by atoms with E-state index in [1.807, 2.05) is 47.0 Å². The first-order chi connectivity index (χ1) is 29.7. The Morgan fingerprint density at radius 3 is 0.235 bits per heavy atom. The van der Waals surface area contributed by atoms with Crippen LogP contribution in [0.2, 0.25) is 0 Å². The zero-order chi connectivity index (χ0) is 54.1. The number of thioether (sulfide) groups is 4. The van der Waals surface area contributed by atoms with E-state index in [4.69, 9.17) is 269 Å². The molecule has 0 N–H and O–H groups in total. The van der Waals surface area contributed by atoms with Crippen LogP contribution in [0.25, 0.3) is 0 Å². The summed E-state index contributed by atoms with van der Waals surface area (Å²) in [7, 11) is 0. The molecule has 0 amide bonds. The second kappa shape index (κ2) is 661. The Morgan fingerprint density at radius 2 is 0.206 bits per heavy atom. The molecular formula is C16H32Fe8N16O16S12-8. The first-order valence-corrected chi connectivity index (χ1v) is 20.8. The molecule has 32 nitrogen and oxygen atoms in total. The van der Waals surface area contributed by atoms with Gasteiger partial charge >= 0.3 is 0 Å². The van der Waals surface area contributed by atoms with Gasteiger partial charge in [0.15, 0.2) is 0 Å². The molecule has 0 heterocycles. The van der Waals surface area contributed by atoms with Crippen LogP contribution in [-0.4, -0.2) is 92.0 Å². The van der Waals surface area contributed by atoms with Crippen molar-refractivity contribution in [3.05, 3.63) is 78.5 Å². The third-order valence-electron chi connectivity index (χ3n) is 1.82. The number of nitroso groups, excluding NO2 is 16. The summed E-state index contributed by atoms with van der Waals surface area (Å²) >= 11 is 45.1. The molecule has 0 rings (SSSR count). The SMILES string of the molecule is [Fe].[Fe].[Fe].[Fe].[Fe].[Fe].[Fe].[Fe].[N]=O.[N]=O.[N]=O.[N]=O.[N]=O.[N]=O.[N]=O.[N]=O.[N]=O.[N]=O.[N]=O.[N]=O.[N]=O.[N]=O.[N]=O.[N]=O.[S-]CCSCC[S-].[S-]CCSCC[S-].[S-]CCSCC[S-].[S-]CCSCC[S-]. The van der Waals surface area contributed by atoms with Crippen LogP contribution >= 0.6 is 47.0 Å². The Morgan fingerprint density at radius 1 is 0.162 bits per heavy atom. The van der Waals surface area contributed by atoms with E-state index in [2.05, 4.69) is 0 Å². The standard InChI is InChI=1S/4C4H10S3.8Fe.16NO/c4*5-1-3-7-4-2-6;;;;;;;;;16*1-2/h4*5-6H,1-4H2;;;;;;;;;;;;;;;;;;;;;;;;/p-8. The fourth-order valence-electron chi connectivity index (χ4n) is 0.880. The maximum Gasteiger partial charge on any atom is 0.120 e. The normalized spacial score (nSPS) is 4.82. The molecule has 0 aliphatic rings. The van der Waals surface area contributed by atoms with Gasteiger partial charge in [-0.2, -0.15) is 93.1 Å². The van der Waals surface area contributed by atoms with Crippen LogP contribution in [0.4, 0.5) is 0 Å². The molecule has 0 fully saturated rings. The molecule has 0 saturated heterocycles. The number of hydrogen-bond donors (Lipinski definition) is 0. The first-order valence-electron chi connectivity index (χ1n) is 11.5. The van der Waals surface area contributed by atoms with Crippen LogP contribution in [-0.2, 0) is 238 Å². The maximum absolute atomic E-state index is 7.25. The van der Waals surface area contributed by atoms with Crippen molar-refractivity contribution in [2.24, 2.45) is 0 Å². The van der Waals surface area contributed by atoms with Gasteiger partial charge in [-0.1, -0.05) is 0 Å². The van der Waals surface area contributed by atoms with Gasteiger partial charge in [0.25, 0.3) is 0 Å². The third kappa shape index (κ3) is 945. The molecule has 0 aromatic heterocycles. The van der Waals surface area contributed by atoms with Crippen molar-refractivity contribution in [1.29, 1.82) is 0 Å². The van der Waals surface area contributed by atoms with Gasteiger partial charge in [-0.15, -0.1) is 78.5 Å². The molecule has 0 aliphatic heterocycles. The summed E-state index contributed by atoms with van der Waals surface area (Å²) < 4.78 is 0. The van der Waals surface area contributed by atoms with Gasteiger partial charge in [0.1, 0.15) is 89.5 Å². The monoisotopic (exact) mass is 1540 g/mol. The minimum absolute atomic E-state index is 0. The molecule has 0 aromatic carbocycles. The third-order valence-corrected chi connectivity index (χ3v) is 9.46. The molecule has 0 spiro atoms. The average molecular weight is 1540 g/mol. The molecule has 0 aromatic rings. The van der Waals surface area contributed by atoms with E-state index in [1.165, 1.54) is 0 Å². The van der Waals surface area contributed by atoms with Crippen LogP contribution in [0, 0.1) is 78.5 Å². The summed E-state index contributed by atoms with van der Waals surface area (Å²) in [4.78, 5) is 116. The minimum atomic E-state index is 0. The molecule has 0 unspecified atom stereocenters. The Hall–Kier alpha value is 1.96. The van der Waals surface area contributed by atoms with Gasteiger partial charge in [-0.25, -0.2) is 0 Å². The van der Waals surface area contributed by atoms with Crippen molar-refractivity contribution >= 4 is 148 Å². The predicted molar refractivity (Wildman–Crippen MR) is 255 cm³/mol. The number of nitrogens with zero attached hydrogens (tertiary/aromatic N) is 16. The van der Waals surface area contributed by atoms with E-state index < -0.39 is 0 Å². The van der Waals surface area contributed by atoms with Gasteiger partial charge in [0.2, 0.25) is 0 Å². The summed E-state index contributed by atoms with van der Waals surface area (Å²) in [6, 6.07) is 0. The van der Waals surface area contributed by atoms with E-state index in [0.29, 0.717) is 0 Å². The Bertz CT molecular complexity index is 407. The number of rotatable bonds is 16. The molecule has 0 atom stereocenters. The summed E-state index contributed by atoms with van der Waals surface area (Å²) in [6.07, 6.45) is 0. The minimum Gasteiger partial charge on any atom is -0.792 e. The molecule has 0 aliphatic carbocycles. The Labute approximate surface area is 538 Å². The zero-order valence-corrected chi connectivity index (χ0v) is 51.4. The van der Waals surface area contributed by atoms with Crippen molar-refractivity contribution in [1.82, 2.24) is 89.5 Å². The first kappa shape index (κ1) is 189. The molecule has 16 radical (unpaired) electrons. The van der Waals surface area contributed by atoms with Crippen molar-refractivity contribution in [2.45, 2.75) is 0 Å². The Balaban J connectivity index is -0.00000000978. The molecule has 0 bridgehead atoms. The zero-order valence-electron chi connectivity index (χ0n) is 32.7. The van der Waals surface area contributed by atoms with Crippen LogP contribution in [0.1, 0.15) is 0 Å². The summed E-state index contributed by atoms with van der Waals surface area (Å²) in [5.74, 6) is 15.6. The van der Waals surface area contributed by atoms with Crippen molar-refractivity contribution in [2.75, 3.05) is 92.0 Å². The Kier molecular flexibility index (Phi) is 1840. The van der Waals surface area contributed by atoms with E-state index in [9.17, 15) is 0 Å². The van der Waals surface area contributed by atoms with Gasteiger partial charge in [-0.3, -0.25) is 0 Å². The van der Waals surface area contributed by atoms with Gasteiger partial charge < -0.3 is 101 Å². The van der Waals surface area contributed by atoms with E-state index in [-0.39, 0.29) is 137 Å². The van der Waals surface area contributed by atoms with E-state index >= 15 is 0 Å². The summed E-state index contributed by atoms with van der Waals surface area (Å²) in [5.41, 5.74) is 92.0. The molecule has 68 heavy (non-hydrogen) atoms. The van der Waals surface area contributed by atoms with Crippen molar-refractivity contribution < 1.29 is 137 Å². The van der Waals surface area contributed by atoms with Crippen LogP contribution in [0.3, 0.4) is 0 Å². The predicted octanol–water partition coefficient (Wildman–Crippen LogP) is -3.92. The largest absolute Gasteiger partial charge is 0.792 e. The quantitative estimate of drug-likeness (QED) is 0.0809. The topological polar surface area (TPSA) is 630 Å². The summed E-state index contributed by atoms with van der Waals surface area (Å²) in [5, 5.41) is 0. The fraction of sp³-hybridized carbons (Fsp3) is 1.00. The van der Waals surface area contributed by atoms with Crippen LogP contribution in [0.5, 0.6) is 0 Å². The fourth-order valence-corrected chi connectivity index (χ4v) is 5.47. The van der Waals surface area contributed by atoms with E-state index in [0.717, 1.165) is 92.0 Å². The number of hydrogen-bond acceptors (Lipinski definition) is 28. The van der Waals surface area contributed by atoms with Gasteiger partial charge in [-0.05, 0) is 46.0 Å². The molecule has 52 heteroatoms.